The molecule has 1 saturated heterocycles. The number of rotatable bonds is 5. The average molecular weight is 461 g/mol. The zero-order chi connectivity index (χ0) is 19.5. The molecule has 0 aliphatic carbocycles. The summed E-state index contributed by atoms with van der Waals surface area (Å²) in [5, 5.41) is 4.28. The highest BCUT2D eigenvalue weighted by Crippen LogP contribution is 2.27. The van der Waals surface area contributed by atoms with E-state index in [9.17, 15) is 4.79 Å². The van der Waals surface area contributed by atoms with Gasteiger partial charge in [0.1, 0.15) is 12.1 Å². The Balaban J connectivity index is 1.32. The van der Waals surface area contributed by atoms with E-state index in [1.807, 2.05) is 36.1 Å². The number of aromatic nitrogens is 4. The molecule has 4 rings (SSSR count). The molecule has 2 aromatic heterocycles. The lowest BCUT2D eigenvalue weighted by Crippen LogP contribution is -2.49. The number of amides is 1. The SMILES string of the molecule is Cc1cc(N2CCN(C(=O)CCSc3ccccc3Br)CC2)n2ncnc2n1. The number of piperazine rings is 1. The molecule has 3 aromatic rings. The molecule has 1 aliphatic rings. The summed E-state index contributed by atoms with van der Waals surface area (Å²) in [6.07, 6.45) is 2.07. The Hall–Kier alpha value is -2.13. The van der Waals surface area contributed by atoms with Gasteiger partial charge in [-0.3, -0.25) is 4.79 Å². The fourth-order valence-electron chi connectivity index (χ4n) is 3.29. The molecule has 1 amide bonds. The summed E-state index contributed by atoms with van der Waals surface area (Å²) >= 11 is 5.26. The van der Waals surface area contributed by atoms with Crippen molar-refractivity contribution in [1.82, 2.24) is 24.5 Å². The Labute approximate surface area is 176 Å². The first-order valence-electron chi connectivity index (χ1n) is 9.19. The van der Waals surface area contributed by atoms with E-state index in [2.05, 4.69) is 42.0 Å². The average Bonchev–Trinajstić information content (AvgIpc) is 3.17. The van der Waals surface area contributed by atoms with Crippen molar-refractivity contribution in [3.8, 4) is 0 Å². The van der Waals surface area contributed by atoms with Crippen LogP contribution in [0.15, 0.2) is 46.0 Å². The van der Waals surface area contributed by atoms with Crippen LogP contribution in [0.4, 0.5) is 5.82 Å². The van der Waals surface area contributed by atoms with Gasteiger partial charge in [-0.1, -0.05) is 12.1 Å². The monoisotopic (exact) mass is 460 g/mol. The predicted molar refractivity (Wildman–Crippen MR) is 114 cm³/mol. The van der Waals surface area contributed by atoms with Crippen LogP contribution in [0.5, 0.6) is 0 Å². The van der Waals surface area contributed by atoms with Crippen LogP contribution < -0.4 is 4.90 Å². The second-order valence-corrected chi connectivity index (χ2v) is 8.62. The molecular formula is C19H21BrN6OS. The Morgan fingerprint density at radius 2 is 2.00 bits per heavy atom. The van der Waals surface area contributed by atoms with Crippen molar-refractivity contribution in [1.29, 1.82) is 0 Å². The fourth-order valence-corrected chi connectivity index (χ4v) is 4.80. The lowest BCUT2D eigenvalue weighted by atomic mass is 10.2. The summed E-state index contributed by atoms with van der Waals surface area (Å²) in [5.41, 5.74) is 0.915. The van der Waals surface area contributed by atoms with Crippen molar-refractivity contribution in [3.05, 3.63) is 46.8 Å². The Morgan fingerprint density at radius 1 is 1.21 bits per heavy atom. The third-order valence-electron chi connectivity index (χ3n) is 4.73. The van der Waals surface area contributed by atoms with Crippen molar-refractivity contribution in [2.45, 2.75) is 18.2 Å². The van der Waals surface area contributed by atoms with Crippen LogP contribution in [0, 0.1) is 6.92 Å². The molecule has 0 bridgehead atoms. The van der Waals surface area contributed by atoms with Crippen LogP contribution in [0.2, 0.25) is 0 Å². The van der Waals surface area contributed by atoms with Crippen LogP contribution in [0.1, 0.15) is 12.1 Å². The van der Waals surface area contributed by atoms with Crippen LogP contribution in [0.3, 0.4) is 0 Å². The summed E-state index contributed by atoms with van der Waals surface area (Å²) in [4.78, 5) is 26.5. The summed E-state index contributed by atoms with van der Waals surface area (Å²) in [7, 11) is 0. The molecular weight excluding hydrogens is 440 g/mol. The molecule has 9 heteroatoms. The summed E-state index contributed by atoms with van der Waals surface area (Å²) in [6, 6.07) is 10.1. The van der Waals surface area contributed by atoms with Gasteiger partial charge in [0.15, 0.2) is 0 Å². The number of aryl methyl sites for hydroxylation is 1. The number of hydrogen-bond donors (Lipinski definition) is 0. The summed E-state index contributed by atoms with van der Waals surface area (Å²) < 4.78 is 2.84. The van der Waals surface area contributed by atoms with Gasteiger partial charge < -0.3 is 9.80 Å². The van der Waals surface area contributed by atoms with Crippen molar-refractivity contribution in [2.24, 2.45) is 0 Å². The Kier molecular flexibility index (Phi) is 5.82. The van der Waals surface area contributed by atoms with E-state index in [4.69, 9.17) is 0 Å². The fraction of sp³-hybridized carbons (Fsp3) is 0.368. The minimum atomic E-state index is 0.219. The van der Waals surface area contributed by atoms with E-state index in [1.165, 1.54) is 11.2 Å². The topological polar surface area (TPSA) is 66.6 Å². The van der Waals surface area contributed by atoms with Gasteiger partial charge in [-0.2, -0.15) is 14.6 Å². The van der Waals surface area contributed by atoms with Gasteiger partial charge in [0.05, 0.1) is 0 Å². The molecule has 1 fully saturated rings. The van der Waals surface area contributed by atoms with Crippen LogP contribution in [0.25, 0.3) is 5.78 Å². The molecule has 0 saturated carbocycles. The maximum atomic E-state index is 12.6. The van der Waals surface area contributed by atoms with E-state index < -0.39 is 0 Å². The predicted octanol–water partition coefficient (Wildman–Crippen LogP) is 3.03. The molecule has 1 aromatic carbocycles. The lowest BCUT2D eigenvalue weighted by Gasteiger charge is -2.36. The minimum absolute atomic E-state index is 0.219. The van der Waals surface area contributed by atoms with Gasteiger partial charge in [-0.15, -0.1) is 11.8 Å². The van der Waals surface area contributed by atoms with E-state index in [0.29, 0.717) is 12.2 Å². The molecule has 0 spiro atoms. The third kappa shape index (κ3) is 4.15. The zero-order valence-electron chi connectivity index (χ0n) is 15.6. The zero-order valence-corrected chi connectivity index (χ0v) is 18.0. The molecule has 0 unspecified atom stereocenters. The largest absolute Gasteiger partial charge is 0.353 e. The van der Waals surface area contributed by atoms with Gasteiger partial charge in [-0.05, 0) is 35.0 Å². The van der Waals surface area contributed by atoms with Crippen molar-refractivity contribution >= 4 is 45.2 Å². The Morgan fingerprint density at radius 3 is 2.79 bits per heavy atom. The number of anilines is 1. The van der Waals surface area contributed by atoms with Crippen LogP contribution >= 0.6 is 27.7 Å². The number of carbonyl (C=O) groups excluding carboxylic acids is 1. The van der Waals surface area contributed by atoms with E-state index in [0.717, 1.165) is 47.9 Å². The minimum Gasteiger partial charge on any atom is -0.353 e. The number of hydrogen-bond acceptors (Lipinski definition) is 6. The second-order valence-electron chi connectivity index (χ2n) is 6.62. The van der Waals surface area contributed by atoms with Gasteiger partial charge in [0.2, 0.25) is 5.91 Å². The normalized spacial score (nSPS) is 14.6. The highest BCUT2D eigenvalue weighted by molar-refractivity contribution is 9.10. The van der Waals surface area contributed by atoms with Gasteiger partial charge in [0, 0.05) is 59.5 Å². The van der Waals surface area contributed by atoms with E-state index >= 15 is 0 Å². The number of nitrogens with zero attached hydrogens (tertiary/aromatic N) is 6. The van der Waals surface area contributed by atoms with Crippen LogP contribution in [-0.2, 0) is 4.79 Å². The molecule has 28 heavy (non-hydrogen) atoms. The van der Waals surface area contributed by atoms with Crippen molar-refractivity contribution < 1.29 is 4.79 Å². The third-order valence-corrected chi connectivity index (χ3v) is 6.76. The molecule has 7 nitrogen and oxygen atoms in total. The maximum Gasteiger partial charge on any atom is 0.254 e. The number of carbonyl (C=O) groups is 1. The number of halogens is 1. The first kappa shape index (κ1) is 19.2. The van der Waals surface area contributed by atoms with Crippen molar-refractivity contribution in [3.63, 3.8) is 0 Å². The maximum absolute atomic E-state index is 12.6. The second kappa shape index (κ2) is 8.48. The van der Waals surface area contributed by atoms with Crippen LogP contribution in [-0.4, -0.2) is 62.3 Å². The smallest absolute Gasteiger partial charge is 0.254 e. The van der Waals surface area contributed by atoms with Gasteiger partial charge in [0.25, 0.3) is 5.78 Å². The molecule has 1 aliphatic heterocycles. The standard InChI is InChI=1S/C19H21BrN6OS/c1-14-12-17(26-19(23-14)21-13-22-26)24-7-9-25(10-8-24)18(27)6-11-28-16-5-3-2-4-15(16)20/h2-5,12-13H,6-11H2,1H3. The highest BCUT2D eigenvalue weighted by atomic mass is 79.9. The van der Waals surface area contributed by atoms with Gasteiger partial charge in [-0.25, -0.2) is 4.98 Å². The molecule has 3 heterocycles. The number of thioether (sulfide) groups is 1. The molecule has 0 atom stereocenters. The molecule has 0 N–H and O–H groups in total. The summed E-state index contributed by atoms with van der Waals surface area (Å²) in [6.45, 7) is 4.95. The van der Waals surface area contributed by atoms with Crippen molar-refractivity contribution in [2.75, 3.05) is 36.8 Å². The first-order valence-corrected chi connectivity index (χ1v) is 11.0. The number of fused-ring (bicyclic) bond motifs is 1. The lowest BCUT2D eigenvalue weighted by molar-refractivity contribution is -0.131. The van der Waals surface area contributed by atoms with E-state index in [1.54, 1.807) is 16.3 Å². The Bertz CT molecular complexity index is 985. The molecule has 146 valence electrons. The summed E-state index contributed by atoms with van der Waals surface area (Å²) in [5.74, 6) is 2.59. The number of benzene rings is 1. The van der Waals surface area contributed by atoms with E-state index in [-0.39, 0.29) is 5.91 Å². The first-order chi connectivity index (χ1) is 13.6. The van der Waals surface area contributed by atoms with Gasteiger partial charge >= 0.3 is 0 Å². The molecule has 0 radical (unpaired) electrons. The highest BCUT2D eigenvalue weighted by Gasteiger charge is 2.23. The quantitative estimate of drug-likeness (QED) is 0.545.